The predicted octanol–water partition coefficient (Wildman–Crippen LogP) is 2.09. The molecule has 0 unspecified atom stereocenters. The maximum absolute atomic E-state index is 13.0. The number of nitrogens with zero attached hydrogens (tertiary/aromatic N) is 3. The predicted molar refractivity (Wildman–Crippen MR) is 101 cm³/mol. The first-order valence-electron chi connectivity index (χ1n) is 9.38. The van der Waals surface area contributed by atoms with Gasteiger partial charge in [0, 0.05) is 38.8 Å². The summed E-state index contributed by atoms with van der Waals surface area (Å²) in [5, 5.41) is 0. The van der Waals surface area contributed by atoms with E-state index in [0.717, 1.165) is 30.8 Å². The lowest BCUT2D eigenvalue weighted by Crippen LogP contribution is -2.52. The minimum absolute atomic E-state index is 0.457. The Balaban J connectivity index is 1.61. The molecule has 5 nitrogen and oxygen atoms in total. The van der Waals surface area contributed by atoms with Crippen LogP contribution in [0.3, 0.4) is 0 Å². The van der Waals surface area contributed by atoms with Crippen LogP contribution in [0.25, 0.3) is 0 Å². The highest BCUT2D eigenvalue weighted by molar-refractivity contribution is 7.89. The lowest BCUT2D eigenvalue weighted by Gasteiger charge is -2.39. The van der Waals surface area contributed by atoms with Crippen LogP contribution in [0.2, 0.25) is 0 Å². The molecule has 6 heteroatoms. The number of likely N-dealkylation sites (N-methyl/N-ethyl adjacent to an activating group) is 1. The van der Waals surface area contributed by atoms with E-state index in [9.17, 15) is 8.42 Å². The minimum atomic E-state index is -3.38. The van der Waals surface area contributed by atoms with Crippen LogP contribution in [0, 0.1) is 13.8 Å². The normalized spacial score (nSPS) is 24.5. The van der Waals surface area contributed by atoms with Gasteiger partial charge in [0.25, 0.3) is 0 Å². The molecular formula is C19H31N3O2S. The fourth-order valence-electron chi connectivity index (χ4n) is 4.05. The number of hydrogen-bond donors (Lipinski definition) is 0. The Morgan fingerprint density at radius 3 is 2.40 bits per heavy atom. The van der Waals surface area contributed by atoms with Crippen LogP contribution in [0.1, 0.15) is 30.4 Å². The van der Waals surface area contributed by atoms with Crippen LogP contribution in [0.5, 0.6) is 0 Å². The third kappa shape index (κ3) is 4.25. The average Bonchev–Trinajstić information content (AvgIpc) is 2.57. The van der Waals surface area contributed by atoms with Gasteiger partial charge in [0.15, 0.2) is 0 Å². The number of aryl methyl sites for hydroxylation is 2. The molecule has 25 heavy (non-hydrogen) atoms. The van der Waals surface area contributed by atoms with E-state index in [-0.39, 0.29) is 0 Å². The van der Waals surface area contributed by atoms with E-state index in [0.29, 0.717) is 24.0 Å². The standard InChI is InChI=1S/C19H31N3O2S/c1-16-7-8-19(17(2)14-16)25(23,24)22-12-10-21(11-13-22)15-18-6-4-5-9-20(18)3/h7-8,14,18H,4-6,9-13,15H2,1-3H3/t18-/m1/s1. The molecule has 0 amide bonds. The first kappa shape index (κ1) is 18.8. The van der Waals surface area contributed by atoms with Crippen molar-refractivity contribution in [1.29, 1.82) is 0 Å². The number of sulfonamides is 1. The SMILES string of the molecule is Cc1ccc(S(=O)(=O)N2CCN(C[C@H]3CCCCN3C)CC2)c(C)c1. The Hall–Kier alpha value is -0.950. The highest BCUT2D eigenvalue weighted by Crippen LogP contribution is 2.23. The number of rotatable bonds is 4. The third-order valence-electron chi connectivity index (χ3n) is 5.67. The summed E-state index contributed by atoms with van der Waals surface area (Å²) in [6, 6.07) is 6.21. The number of likely N-dealkylation sites (tertiary alicyclic amines) is 1. The average molecular weight is 366 g/mol. The van der Waals surface area contributed by atoms with Crippen molar-refractivity contribution in [2.75, 3.05) is 46.3 Å². The number of piperazine rings is 1. The number of hydrogen-bond acceptors (Lipinski definition) is 4. The second kappa shape index (κ2) is 7.74. The van der Waals surface area contributed by atoms with Crippen LogP contribution in [0.15, 0.2) is 23.1 Å². The zero-order valence-electron chi connectivity index (χ0n) is 15.7. The summed E-state index contributed by atoms with van der Waals surface area (Å²) in [7, 11) is -1.17. The van der Waals surface area contributed by atoms with Crippen molar-refractivity contribution in [2.24, 2.45) is 0 Å². The zero-order valence-corrected chi connectivity index (χ0v) is 16.6. The quantitative estimate of drug-likeness (QED) is 0.820. The summed E-state index contributed by atoms with van der Waals surface area (Å²) >= 11 is 0. The van der Waals surface area contributed by atoms with Crippen molar-refractivity contribution in [2.45, 2.75) is 44.0 Å². The molecule has 140 valence electrons. The Kier molecular flexibility index (Phi) is 5.83. The molecule has 0 N–H and O–H groups in total. The zero-order chi connectivity index (χ0) is 18.0. The smallest absolute Gasteiger partial charge is 0.243 e. The summed E-state index contributed by atoms with van der Waals surface area (Å²) < 4.78 is 27.6. The van der Waals surface area contributed by atoms with Gasteiger partial charge < -0.3 is 4.90 Å². The first-order valence-corrected chi connectivity index (χ1v) is 10.8. The number of piperidine rings is 1. The fourth-order valence-corrected chi connectivity index (χ4v) is 5.68. The van der Waals surface area contributed by atoms with Crippen molar-refractivity contribution in [1.82, 2.24) is 14.1 Å². The van der Waals surface area contributed by atoms with Gasteiger partial charge in [-0.05, 0) is 51.9 Å². The molecule has 2 saturated heterocycles. The summed E-state index contributed by atoms with van der Waals surface area (Å²) in [6.45, 7) is 8.96. The molecule has 0 spiro atoms. The summed E-state index contributed by atoms with van der Waals surface area (Å²) in [5.41, 5.74) is 1.93. The van der Waals surface area contributed by atoms with Gasteiger partial charge in [-0.25, -0.2) is 8.42 Å². The molecule has 2 aliphatic rings. The van der Waals surface area contributed by atoms with Gasteiger partial charge in [-0.15, -0.1) is 0 Å². The molecule has 3 rings (SSSR count). The molecule has 0 aliphatic carbocycles. The monoisotopic (exact) mass is 365 g/mol. The Labute approximate surface area is 152 Å². The van der Waals surface area contributed by atoms with Crippen LogP contribution in [0.4, 0.5) is 0 Å². The van der Waals surface area contributed by atoms with E-state index in [1.54, 1.807) is 10.4 Å². The lowest BCUT2D eigenvalue weighted by molar-refractivity contribution is 0.106. The van der Waals surface area contributed by atoms with E-state index in [2.05, 4.69) is 16.8 Å². The Morgan fingerprint density at radius 2 is 1.76 bits per heavy atom. The minimum Gasteiger partial charge on any atom is -0.302 e. The molecular weight excluding hydrogens is 334 g/mol. The molecule has 1 aromatic carbocycles. The molecule has 0 bridgehead atoms. The Morgan fingerprint density at radius 1 is 1.04 bits per heavy atom. The van der Waals surface area contributed by atoms with E-state index in [1.807, 2.05) is 26.0 Å². The molecule has 1 atom stereocenters. The molecule has 0 saturated carbocycles. The fraction of sp³-hybridized carbons (Fsp3) is 0.684. The molecule has 0 radical (unpaired) electrons. The summed E-state index contributed by atoms with van der Waals surface area (Å²) in [4.78, 5) is 5.35. The van der Waals surface area contributed by atoms with Crippen molar-refractivity contribution >= 4 is 10.0 Å². The van der Waals surface area contributed by atoms with Crippen molar-refractivity contribution in [3.05, 3.63) is 29.3 Å². The van der Waals surface area contributed by atoms with Gasteiger partial charge in [0.1, 0.15) is 0 Å². The van der Waals surface area contributed by atoms with E-state index < -0.39 is 10.0 Å². The van der Waals surface area contributed by atoms with E-state index >= 15 is 0 Å². The van der Waals surface area contributed by atoms with Gasteiger partial charge in [-0.2, -0.15) is 4.31 Å². The van der Waals surface area contributed by atoms with Crippen LogP contribution in [-0.2, 0) is 10.0 Å². The summed E-state index contributed by atoms with van der Waals surface area (Å²) in [6.07, 6.45) is 3.88. The van der Waals surface area contributed by atoms with Gasteiger partial charge in [-0.3, -0.25) is 4.90 Å². The molecule has 2 fully saturated rings. The number of benzene rings is 1. The van der Waals surface area contributed by atoms with Crippen LogP contribution < -0.4 is 0 Å². The molecule has 2 heterocycles. The van der Waals surface area contributed by atoms with Gasteiger partial charge in [0.2, 0.25) is 10.0 Å². The third-order valence-corrected chi connectivity index (χ3v) is 7.73. The van der Waals surface area contributed by atoms with E-state index in [1.165, 1.54) is 25.8 Å². The maximum Gasteiger partial charge on any atom is 0.243 e. The lowest BCUT2D eigenvalue weighted by atomic mass is 10.0. The largest absolute Gasteiger partial charge is 0.302 e. The first-order chi connectivity index (χ1) is 11.9. The molecule has 1 aromatic rings. The molecule has 2 aliphatic heterocycles. The van der Waals surface area contributed by atoms with Crippen LogP contribution in [-0.4, -0.2) is 74.9 Å². The highest BCUT2D eigenvalue weighted by Gasteiger charge is 2.31. The van der Waals surface area contributed by atoms with Gasteiger partial charge in [-0.1, -0.05) is 24.1 Å². The topological polar surface area (TPSA) is 43.9 Å². The van der Waals surface area contributed by atoms with Gasteiger partial charge in [0.05, 0.1) is 4.90 Å². The second-order valence-corrected chi connectivity index (χ2v) is 9.51. The summed E-state index contributed by atoms with van der Waals surface area (Å²) in [5.74, 6) is 0. The Bertz CT molecular complexity index is 697. The van der Waals surface area contributed by atoms with E-state index in [4.69, 9.17) is 0 Å². The van der Waals surface area contributed by atoms with Crippen LogP contribution >= 0.6 is 0 Å². The van der Waals surface area contributed by atoms with Crippen molar-refractivity contribution in [3.63, 3.8) is 0 Å². The van der Waals surface area contributed by atoms with Crippen molar-refractivity contribution in [3.8, 4) is 0 Å². The van der Waals surface area contributed by atoms with Gasteiger partial charge >= 0.3 is 0 Å². The molecule has 0 aromatic heterocycles. The van der Waals surface area contributed by atoms with Crippen molar-refractivity contribution < 1.29 is 8.42 Å². The second-order valence-electron chi connectivity index (χ2n) is 7.60. The highest BCUT2D eigenvalue weighted by atomic mass is 32.2. The maximum atomic E-state index is 13.0.